The molecule has 0 aliphatic rings. The molecule has 0 radical (unpaired) electrons. The number of unbranched alkanes of at least 4 members (excludes halogenated alkanes) is 2. The van der Waals surface area contributed by atoms with Crippen molar-refractivity contribution >= 4 is 0 Å². The Morgan fingerprint density at radius 2 is 2.24 bits per heavy atom. The van der Waals surface area contributed by atoms with Crippen LogP contribution in [0.25, 0.3) is 0 Å². The van der Waals surface area contributed by atoms with Crippen LogP contribution in [-0.4, -0.2) is 34.3 Å². The van der Waals surface area contributed by atoms with E-state index in [1.807, 2.05) is 17.9 Å². The number of nitrogens with zero attached hydrogens (tertiary/aromatic N) is 3. The fraction of sp³-hybridized carbons (Fsp3) is 0.769. The molecule has 0 fully saturated rings. The van der Waals surface area contributed by atoms with Crippen molar-refractivity contribution in [3.05, 3.63) is 18.0 Å². The predicted octanol–water partition coefficient (Wildman–Crippen LogP) is 1.76. The highest BCUT2D eigenvalue weighted by Crippen LogP contribution is 2.11. The van der Waals surface area contributed by atoms with Gasteiger partial charge in [0.25, 0.3) is 0 Å². The lowest BCUT2D eigenvalue weighted by Crippen LogP contribution is -2.37. The van der Waals surface area contributed by atoms with Gasteiger partial charge in [-0.3, -0.25) is 9.58 Å². The summed E-state index contributed by atoms with van der Waals surface area (Å²) in [4.78, 5) is 2.34. The van der Waals surface area contributed by atoms with E-state index >= 15 is 0 Å². The van der Waals surface area contributed by atoms with Crippen LogP contribution in [0.3, 0.4) is 0 Å². The monoisotopic (exact) mass is 238 g/mol. The molecule has 1 aromatic rings. The lowest BCUT2D eigenvalue weighted by Gasteiger charge is -2.26. The van der Waals surface area contributed by atoms with E-state index in [1.165, 1.54) is 31.2 Å². The van der Waals surface area contributed by atoms with Crippen molar-refractivity contribution < 1.29 is 0 Å². The molecule has 1 atom stereocenters. The zero-order chi connectivity index (χ0) is 12.7. The Labute approximate surface area is 105 Å². The van der Waals surface area contributed by atoms with Gasteiger partial charge in [0.05, 0.1) is 6.20 Å². The minimum atomic E-state index is 0.488. The molecule has 0 saturated heterocycles. The minimum absolute atomic E-state index is 0.488. The van der Waals surface area contributed by atoms with Crippen LogP contribution in [0.4, 0.5) is 0 Å². The molecule has 4 heteroatoms. The number of rotatable bonds is 8. The lowest BCUT2D eigenvalue weighted by molar-refractivity contribution is 0.223. The van der Waals surface area contributed by atoms with Gasteiger partial charge < -0.3 is 5.73 Å². The summed E-state index contributed by atoms with van der Waals surface area (Å²) >= 11 is 0. The minimum Gasteiger partial charge on any atom is -0.329 e. The maximum Gasteiger partial charge on any atom is 0.0534 e. The SMILES string of the molecule is CCCCCC(CN)N(C)Cc1cnn(C)c1. The van der Waals surface area contributed by atoms with Gasteiger partial charge in [-0.2, -0.15) is 5.10 Å². The van der Waals surface area contributed by atoms with Crippen molar-refractivity contribution in [2.75, 3.05) is 13.6 Å². The summed E-state index contributed by atoms with van der Waals surface area (Å²) in [5.74, 6) is 0. The number of likely N-dealkylation sites (N-methyl/N-ethyl adjacent to an activating group) is 1. The average Bonchev–Trinajstić information content (AvgIpc) is 2.70. The van der Waals surface area contributed by atoms with Crippen molar-refractivity contribution in [1.82, 2.24) is 14.7 Å². The average molecular weight is 238 g/mol. The van der Waals surface area contributed by atoms with Gasteiger partial charge in [-0.25, -0.2) is 0 Å². The molecule has 0 aliphatic heterocycles. The van der Waals surface area contributed by atoms with Crippen LogP contribution in [0.5, 0.6) is 0 Å². The van der Waals surface area contributed by atoms with Crippen molar-refractivity contribution in [2.45, 2.75) is 45.2 Å². The first-order chi connectivity index (χ1) is 8.17. The molecule has 17 heavy (non-hydrogen) atoms. The summed E-state index contributed by atoms with van der Waals surface area (Å²) < 4.78 is 1.84. The maximum atomic E-state index is 5.85. The second kappa shape index (κ2) is 7.45. The third kappa shape index (κ3) is 4.88. The Morgan fingerprint density at radius 3 is 2.76 bits per heavy atom. The van der Waals surface area contributed by atoms with E-state index in [0.717, 1.165) is 13.1 Å². The molecule has 0 aromatic carbocycles. The summed E-state index contributed by atoms with van der Waals surface area (Å²) in [7, 11) is 4.10. The predicted molar refractivity (Wildman–Crippen MR) is 71.7 cm³/mol. The molecule has 2 N–H and O–H groups in total. The first kappa shape index (κ1) is 14.2. The number of aromatic nitrogens is 2. The van der Waals surface area contributed by atoms with Crippen molar-refractivity contribution in [1.29, 1.82) is 0 Å². The van der Waals surface area contributed by atoms with Gasteiger partial charge in [0.15, 0.2) is 0 Å². The van der Waals surface area contributed by atoms with E-state index in [2.05, 4.69) is 30.2 Å². The highest BCUT2D eigenvalue weighted by molar-refractivity contribution is 5.03. The molecule has 0 saturated carbocycles. The summed E-state index contributed by atoms with van der Waals surface area (Å²) in [6, 6.07) is 0.488. The van der Waals surface area contributed by atoms with Crippen LogP contribution in [0, 0.1) is 0 Å². The fourth-order valence-electron chi connectivity index (χ4n) is 2.12. The summed E-state index contributed by atoms with van der Waals surface area (Å²) in [5.41, 5.74) is 7.11. The highest BCUT2D eigenvalue weighted by Gasteiger charge is 2.13. The second-order valence-corrected chi connectivity index (χ2v) is 4.82. The summed E-state index contributed by atoms with van der Waals surface area (Å²) in [5, 5.41) is 4.19. The van der Waals surface area contributed by atoms with E-state index in [0.29, 0.717) is 6.04 Å². The molecule has 1 aromatic heterocycles. The van der Waals surface area contributed by atoms with Crippen molar-refractivity contribution in [3.8, 4) is 0 Å². The molecule has 4 nitrogen and oxygen atoms in total. The summed E-state index contributed by atoms with van der Waals surface area (Å²) in [6.07, 6.45) is 9.03. The second-order valence-electron chi connectivity index (χ2n) is 4.82. The molecule has 98 valence electrons. The Morgan fingerprint density at radius 1 is 1.47 bits per heavy atom. The number of nitrogens with two attached hydrogens (primary N) is 1. The normalized spacial score (nSPS) is 13.2. The standard InChI is InChI=1S/C13H26N4/c1-4-5-6-7-13(8-14)16(2)10-12-9-15-17(3)11-12/h9,11,13H,4-8,10,14H2,1-3H3. The quantitative estimate of drug-likeness (QED) is 0.702. The maximum absolute atomic E-state index is 5.85. The molecule has 1 unspecified atom stereocenters. The van der Waals surface area contributed by atoms with Crippen LogP contribution >= 0.6 is 0 Å². The van der Waals surface area contributed by atoms with Crippen LogP contribution < -0.4 is 5.73 Å². The van der Waals surface area contributed by atoms with Crippen LogP contribution in [0.2, 0.25) is 0 Å². The van der Waals surface area contributed by atoms with Crippen LogP contribution in [0.15, 0.2) is 12.4 Å². The van der Waals surface area contributed by atoms with Gasteiger partial charge >= 0.3 is 0 Å². The summed E-state index contributed by atoms with van der Waals surface area (Å²) in [6.45, 7) is 3.90. The smallest absolute Gasteiger partial charge is 0.0534 e. The number of hydrogen-bond acceptors (Lipinski definition) is 3. The van der Waals surface area contributed by atoms with Gasteiger partial charge in [0.2, 0.25) is 0 Å². The Kier molecular flexibility index (Phi) is 6.22. The number of hydrogen-bond donors (Lipinski definition) is 1. The van der Waals surface area contributed by atoms with Crippen LogP contribution in [-0.2, 0) is 13.6 Å². The molecule has 0 aliphatic carbocycles. The molecular formula is C13H26N4. The molecule has 1 heterocycles. The van der Waals surface area contributed by atoms with Gasteiger partial charge in [0.1, 0.15) is 0 Å². The zero-order valence-corrected chi connectivity index (χ0v) is 11.4. The highest BCUT2D eigenvalue weighted by atomic mass is 15.2. The first-order valence-corrected chi connectivity index (χ1v) is 6.55. The molecular weight excluding hydrogens is 212 g/mol. The van der Waals surface area contributed by atoms with Crippen molar-refractivity contribution in [3.63, 3.8) is 0 Å². The molecule has 0 amide bonds. The fourth-order valence-corrected chi connectivity index (χ4v) is 2.12. The van der Waals surface area contributed by atoms with Gasteiger partial charge in [-0.05, 0) is 13.5 Å². The Bertz CT molecular complexity index is 308. The van der Waals surface area contributed by atoms with E-state index in [9.17, 15) is 0 Å². The number of aryl methyl sites for hydroxylation is 1. The van der Waals surface area contributed by atoms with Gasteiger partial charge in [-0.1, -0.05) is 26.2 Å². The Hall–Kier alpha value is -0.870. The molecule has 1 rings (SSSR count). The topological polar surface area (TPSA) is 47.1 Å². The van der Waals surface area contributed by atoms with Gasteiger partial charge in [0, 0.05) is 37.9 Å². The third-order valence-corrected chi connectivity index (χ3v) is 3.23. The van der Waals surface area contributed by atoms with E-state index in [-0.39, 0.29) is 0 Å². The van der Waals surface area contributed by atoms with Crippen LogP contribution in [0.1, 0.15) is 38.2 Å². The first-order valence-electron chi connectivity index (χ1n) is 6.55. The molecule has 0 bridgehead atoms. The van der Waals surface area contributed by atoms with E-state index in [4.69, 9.17) is 5.73 Å². The Balaban J connectivity index is 2.40. The third-order valence-electron chi connectivity index (χ3n) is 3.23. The van der Waals surface area contributed by atoms with Crippen molar-refractivity contribution in [2.24, 2.45) is 12.8 Å². The van der Waals surface area contributed by atoms with E-state index in [1.54, 1.807) is 0 Å². The lowest BCUT2D eigenvalue weighted by atomic mass is 10.1. The molecule has 0 spiro atoms. The zero-order valence-electron chi connectivity index (χ0n) is 11.4. The van der Waals surface area contributed by atoms with E-state index < -0.39 is 0 Å². The van der Waals surface area contributed by atoms with Gasteiger partial charge in [-0.15, -0.1) is 0 Å². The largest absolute Gasteiger partial charge is 0.329 e.